The first-order chi connectivity index (χ1) is 11.0. The largest absolute Gasteiger partial charge is 0.315 e. The molecule has 0 bridgehead atoms. The van der Waals surface area contributed by atoms with Gasteiger partial charge in [-0.15, -0.1) is 0 Å². The zero-order chi connectivity index (χ0) is 16.6. The average molecular weight is 311 g/mol. The molecule has 23 heavy (non-hydrogen) atoms. The Morgan fingerprint density at radius 2 is 1.87 bits per heavy atom. The fourth-order valence-electron chi connectivity index (χ4n) is 3.18. The molecule has 0 radical (unpaired) electrons. The maximum Gasteiger partial charge on any atom is 0.229 e. The summed E-state index contributed by atoms with van der Waals surface area (Å²) < 4.78 is 13.7. The molecule has 1 heterocycles. The molecule has 3 nitrogen and oxygen atoms in total. The van der Waals surface area contributed by atoms with Crippen molar-refractivity contribution in [2.75, 3.05) is 11.9 Å². The highest BCUT2D eigenvalue weighted by molar-refractivity contribution is 6.05. The van der Waals surface area contributed by atoms with Crippen LogP contribution in [0.15, 0.2) is 48.5 Å². The van der Waals surface area contributed by atoms with E-state index in [0.717, 1.165) is 0 Å². The predicted molar refractivity (Wildman–Crippen MR) is 87.1 cm³/mol. The standard InChI is InChI=1S/C19H18FNO2/c1-12-10-16(18(22)13-6-4-3-5-7-13)15-9-8-14(20)11-17(15)21(2)19(12)23/h3-9,11-12,16H,10H2,1-2H3. The third kappa shape index (κ3) is 2.77. The molecule has 2 aromatic carbocycles. The van der Waals surface area contributed by atoms with Crippen molar-refractivity contribution in [3.05, 3.63) is 65.5 Å². The fourth-order valence-corrected chi connectivity index (χ4v) is 3.18. The van der Waals surface area contributed by atoms with Crippen LogP contribution in [0.2, 0.25) is 0 Å². The third-order valence-corrected chi connectivity index (χ3v) is 4.45. The van der Waals surface area contributed by atoms with Crippen LogP contribution in [0.1, 0.15) is 35.2 Å². The second-order valence-electron chi connectivity index (χ2n) is 6.02. The number of ketones is 1. The quantitative estimate of drug-likeness (QED) is 0.791. The Morgan fingerprint density at radius 3 is 2.57 bits per heavy atom. The maximum atomic E-state index is 13.7. The topological polar surface area (TPSA) is 37.4 Å². The summed E-state index contributed by atoms with van der Waals surface area (Å²) in [6, 6.07) is 13.3. The monoisotopic (exact) mass is 311 g/mol. The van der Waals surface area contributed by atoms with E-state index in [1.807, 2.05) is 25.1 Å². The van der Waals surface area contributed by atoms with Crippen molar-refractivity contribution >= 4 is 17.4 Å². The first-order valence-electron chi connectivity index (χ1n) is 7.65. The Morgan fingerprint density at radius 1 is 1.17 bits per heavy atom. The van der Waals surface area contributed by atoms with Crippen molar-refractivity contribution in [2.45, 2.75) is 19.3 Å². The Balaban J connectivity index is 2.11. The van der Waals surface area contributed by atoms with E-state index >= 15 is 0 Å². The summed E-state index contributed by atoms with van der Waals surface area (Å²) in [7, 11) is 1.63. The highest BCUT2D eigenvalue weighted by Crippen LogP contribution is 2.38. The van der Waals surface area contributed by atoms with Crippen molar-refractivity contribution in [3.8, 4) is 0 Å². The van der Waals surface area contributed by atoms with Crippen LogP contribution in [0.5, 0.6) is 0 Å². The van der Waals surface area contributed by atoms with Crippen LogP contribution in [-0.4, -0.2) is 18.7 Å². The first-order valence-corrected chi connectivity index (χ1v) is 7.65. The van der Waals surface area contributed by atoms with Crippen LogP contribution in [0.4, 0.5) is 10.1 Å². The van der Waals surface area contributed by atoms with Gasteiger partial charge >= 0.3 is 0 Å². The van der Waals surface area contributed by atoms with E-state index < -0.39 is 11.7 Å². The minimum Gasteiger partial charge on any atom is -0.315 e. The van der Waals surface area contributed by atoms with E-state index in [1.165, 1.54) is 17.0 Å². The number of hydrogen-bond acceptors (Lipinski definition) is 2. The Hall–Kier alpha value is -2.49. The number of nitrogens with zero attached hydrogens (tertiary/aromatic N) is 1. The van der Waals surface area contributed by atoms with Gasteiger partial charge in [0.15, 0.2) is 5.78 Å². The van der Waals surface area contributed by atoms with Crippen LogP contribution in [-0.2, 0) is 4.79 Å². The van der Waals surface area contributed by atoms with Crippen LogP contribution in [0.3, 0.4) is 0 Å². The molecule has 3 rings (SSSR count). The minimum atomic E-state index is -0.447. The highest BCUT2D eigenvalue weighted by atomic mass is 19.1. The van der Waals surface area contributed by atoms with Gasteiger partial charge in [0.2, 0.25) is 5.91 Å². The summed E-state index contributed by atoms with van der Waals surface area (Å²) in [5, 5.41) is 0. The molecule has 0 saturated heterocycles. The fraction of sp³-hybridized carbons (Fsp3) is 0.263. The molecular formula is C19H18FNO2. The summed E-state index contributed by atoms with van der Waals surface area (Å²) >= 11 is 0. The van der Waals surface area contributed by atoms with Crippen molar-refractivity contribution in [2.24, 2.45) is 5.92 Å². The summed E-state index contributed by atoms with van der Waals surface area (Å²) in [6.45, 7) is 1.81. The number of benzene rings is 2. The molecule has 1 amide bonds. The zero-order valence-electron chi connectivity index (χ0n) is 13.1. The SMILES string of the molecule is CC1CC(C(=O)c2ccccc2)c2ccc(F)cc2N(C)C1=O. The lowest BCUT2D eigenvalue weighted by Gasteiger charge is -2.20. The number of fused-ring (bicyclic) bond motifs is 1. The molecule has 2 unspecified atom stereocenters. The Kier molecular flexibility index (Phi) is 3.99. The van der Waals surface area contributed by atoms with Crippen molar-refractivity contribution in [1.82, 2.24) is 0 Å². The van der Waals surface area contributed by atoms with Crippen LogP contribution < -0.4 is 4.90 Å². The van der Waals surface area contributed by atoms with Gasteiger partial charge in [-0.05, 0) is 24.1 Å². The van der Waals surface area contributed by atoms with Gasteiger partial charge in [-0.25, -0.2) is 4.39 Å². The molecular weight excluding hydrogens is 293 g/mol. The van der Waals surface area contributed by atoms with Gasteiger partial charge in [-0.2, -0.15) is 0 Å². The number of anilines is 1. The Bertz CT molecular complexity index is 757. The molecule has 0 saturated carbocycles. The normalized spacial score (nSPS) is 20.8. The Labute approximate surface area is 134 Å². The van der Waals surface area contributed by atoms with Gasteiger partial charge in [0, 0.05) is 18.5 Å². The molecule has 0 aliphatic carbocycles. The second kappa shape index (κ2) is 5.95. The highest BCUT2D eigenvalue weighted by Gasteiger charge is 2.34. The van der Waals surface area contributed by atoms with Gasteiger partial charge in [-0.3, -0.25) is 9.59 Å². The summed E-state index contributed by atoms with van der Waals surface area (Å²) in [5.41, 5.74) is 1.80. The smallest absolute Gasteiger partial charge is 0.229 e. The van der Waals surface area contributed by atoms with Crippen LogP contribution in [0, 0.1) is 11.7 Å². The van der Waals surface area contributed by atoms with Crippen molar-refractivity contribution < 1.29 is 14.0 Å². The van der Waals surface area contributed by atoms with E-state index in [2.05, 4.69) is 0 Å². The number of carbonyl (C=O) groups is 2. The van der Waals surface area contributed by atoms with Crippen LogP contribution in [0.25, 0.3) is 0 Å². The molecule has 4 heteroatoms. The predicted octanol–water partition coefficient (Wildman–Crippen LogP) is 3.79. The lowest BCUT2D eigenvalue weighted by Crippen LogP contribution is -2.30. The van der Waals surface area contributed by atoms with E-state index in [9.17, 15) is 14.0 Å². The van der Waals surface area contributed by atoms with Gasteiger partial charge < -0.3 is 4.90 Å². The molecule has 0 aromatic heterocycles. The lowest BCUT2D eigenvalue weighted by molar-refractivity contribution is -0.121. The summed E-state index contributed by atoms with van der Waals surface area (Å²) in [6.07, 6.45) is 0.426. The molecule has 1 aliphatic heterocycles. The molecule has 0 N–H and O–H groups in total. The summed E-state index contributed by atoms with van der Waals surface area (Å²) in [5.74, 6) is -1.29. The summed E-state index contributed by atoms with van der Waals surface area (Å²) in [4.78, 5) is 26.8. The zero-order valence-corrected chi connectivity index (χ0v) is 13.1. The molecule has 2 atom stereocenters. The molecule has 0 spiro atoms. The van der Waals surface area contributed by atoms with Crippen LogP contribution >= 0.6 is 0 Å². The molecule has 0 fully saturated rings. The number of hydrogen-bond donors (Lipinski definition) is 0. The van der Waals surface area contributed by atoms with Crippen molar-refractivity contribution in [3.63, 3.8) is 0 Å². The number of Topliss-reactive ketones (excluding diaryl/α,β-unsaturated/α-hetero) is 1. The minimum absolute atomic E-state index is 0.0339. The van der Waals surface area contributed by atoms with Gasteiger partial charge in [0.25, 0.3) is 0 Å². The molecule has 1 aliphatic rings. The third-order valence-electron chi connectivity index (χ3n) is 4.45. The number of amides is 1. The average Bonchev–Trinajstić information content (AvgIpc) is 2.66. The number of carbonyl (C=O) groups excluding carboxylic acids is 2. The second-order valence-corrected chi connectivity index (χ2v) is 6.02. The van der Waals surface area contributed by atoms with E-state index in [1.54, 1.807) is 25.2 Å². The van der Waals surface area contributed by atoms with Gasteiger partial charge in [-0.1, -0.05) is 43.3 Å². The van der Waals surface area contributed by atoms with E-state index in [0.29, 0.717) is 23.2 Å². The number of rotatable bonds is 2. The maximum absolute atomic E-state index is 13.7. The van der Waals surface area contributed by atoms with Crippen molar-refractivity contribution in [1.29, 1.82) is 0 Å². The van der Waals surface area contributed by atoms with Gasteiger partial charge in [0.05, 0.1) is 11.6 Å². The lowest BCUT2D eigenvalue weighted by atomic mass is 9.84. The molecule has 118 valence electrons. The first kappa shape index (κ1) is 15.4. The van der Waals surface area contributed by atoms with Gasteiger partial charge in [0.1, 0.15) is 5.82 Å². The van der Waals surface area contributed by atoms with E-state index in [4.69, 9.17) is 0 Å². The number of halogens is 1. The molecule has 2 aromatic rings. The van der Waals surface area contributed by atoms with E-state index in [-0.39, 0.29) is 17.6 Å².